The topological polar surface area (TPSA) is 315 Å². The van der Waals surface area contributed by atoms with E-state index in [4.69, 9.17) is 47.4 Å². The molecule has 3 saturated carbocycles. The zero-order valence-electron chi connectivity index (χ0n) is 41.4. The molecule has 10 aliphatic rings. The van der Waals surface area contributed by atoms with Crippen molar-refractivity contribution in [3.8, 4) is 0 Å². The quantitative estimate of drug-likeness (QED) is 0.113. The van der Waals surface area contributed by atoms with Gasteiger partial charge in [0.2, 0.25) is 0 Å². The predicted molar refractivity (Wildman–Crippen MR) is 241 cm³/mol. The molecule has 71 heavy (non-hydrogen) atoms. The molecule has 0 radical (unpaired) electrons. The molecule has 4 aliphatic carbocycles. The summed E-state index contributed by atoms with van der Waals surface area (Å²) in [6.45, 7) is 9.73. The molecule has 11 N–H and O–H groups in total. The molecule has 406 valence electrons. The van der Waals surface area contributed by atoms with Gasteiger partial charge in [0.15, 0.2) is 30.9 Å². The second kappa shape index (κ2) is 20.4. The number of hydrogen-bond acceptors (Lipinski definition) is 21. The average molecular weight is 1020 g/mol. The fraction of sp³-hybridized carbons (Fsp3) is 0.960. The van der Waals surface area contributed by atoms with Gasteiger partial charge in [-0.25, -0.2) is 0 Å². The van der Waals surface area contributed by atoms with Gasteiger partial charge in [-0.05, 0) is 98.7 Å². The molecule has 0 aromatic carbocycles. The van der Waals surface area contributed by atoms with Crippen LogP contribution >= 0.6 is 0 Å². The summed E-state index contributed by atoms with van der Waals surface area (Å²) in [5.41, 5.74) is 1.38. The normalized spacial score (nSPS) is 57.4. The molecule has 0 amide bonds. The van der Waals surface area contributed by atoms with Gasteiger partial charge in [-0.1, -0.05) is 39.3 Å². The second-order valence-corrected chi connectivity index (χ2v) is 23.4. The lowest BCUT2D eigenvalue weighted by atomic mass is 9.47. The number of rotatable bonds is 10. The monoisotopic (exact) mass is 1020 g/mol. The van der Waals surface area contributed by atoms with Crippen LogP contribution in [0, 0.1) is 46.3 Å². The first-order chi connectivity index (χ1) is 33.7. The minimum atomic E-state index is -1.93. The van der Waals surface area contributed by atoms with E-state index in [1.807, 2.05) is 0 Å². The minimum Gasteiger partial charge on any atom is -0.394 e. The van der Waals surface area contributed by atoms with Crippen molar-refractivity contribution in [2.75, 3.05) is 26.4 Å². The molecular formula is C50H80O21. The van der Waals surface area contributed by atoms with Crippen LogP contribution in [-0.4, -0.2) is 217 Å². The van der Waals surface area contributed by atoms with E-state index in [0.29, 0.717) is 48.3 Å². The van der Waals surface area contributed by atoms with Crippen LogP contribution in [-0.2, 0) is 47.4 Å². The van der Waals surface area contributed by atoms with Crippen LogP contribution in [0.5, 0.6) is 0 Å². The molecule has 10 rings (SSSR count). The molecular weight excluding hydrogens is 937 g/mol. The Bertz CT molecular complexity index is 1870. The van der Waals surface area contributed by atoms with Crippen molar-refractivity contribution in [2.45, 2.75) is 227 Å². The first-order valence-corrected chi connectivity index (χ1v) is 26.3. The number of aliphatic hydroxyl groups is 11. The molecule has 6 saturated heterocycles. The van der Waals surface area contributed by atoms with Gasteiger partial charge >= 0.3 is 0 Å². The maximum absolute atomic E-state index is 12.3. The van der Waals surface area contributed by atoms with Crippen molar-refractivity contribution in [3.63, 3.8) is 0 Å². The van der Waals surface area contributed by atoms with Crippen LogP contribution in [0.4, 0.5) is 0 Å². The molecule has 0 bridgehead atoms. The summed E-state index contributed by atoms with van der Waals surface area (Å²) in [5.74, 6) is 2.38. The van der Waals surface area contributed by atoms with Gasteiger partial charge in [0.25, 0.3) is 0 Å². The number of allylic oxidation sites excluding steroid dienone is 1. The Morgan fingerprint density at radius 1 is 0.620 bits per heavy atom. The van der Waals surface area contributed by atoms with Crippen LogP contribution < -0.4 is 0 Å². The molecule has 6 unspecified atom stereocenters. The van der Waals surface area contributed by atoms with Crippen molar-refractivity contribution in [2.24, 2.45) is 46.3 Å². The van der Waals surface area contributed by atoms with Crippen molar-refractivity contribution in [1.29, 1.82) is 0 Å². The average Bonchev–Trinajstić information content (AvgIpc) is 3.80. The van der Waals surface area contributed by atoms with Gasteiger partial charge in [0.1, 0.15) is 85.5 Å². The largest absolute Gasteiger partial charge is 0.394 e. The zero-order chi connectivity index (χ0) is 50.6. The zero-order valence-corrected chi connectivity index (χ0v) is 41.4. The summed E-state index contributed by atoms with van der Waals surface area (Å²) >= 11 is 0. The predicted octanol–water partition coefficient (Wildman–Crippen LogP) is -1.32. The van der Waals surface area contributed by atoms with Crippen molar-refractivity contribution in [1.82, 2.24) is 0 Å². The Morgan fingerprint density at radius 3 is 2.03 bits per heavy atom. The SMILES string of the molecule is CC1C2C(CC3C4CC=C5C[C@@H](O[C@@H]6O[C@H](CO)[C@@H](O[C@@H]7O[C@H](CO)[C@@H](O)[C@H](O[C@@H]8OC[C@@H](O)[C@H](O)[C@H]8O)[C@H]7O)[C@H](O)[C@H]6O[C@@H]6O[C@@H](C)[C@H](O)[C@@H](O)[C@H]6O)CC[C@]5(C)C4CC[C@@]32C)O[C@]12CC[C@@H](C)CO2. The third-order valence-electron chi connectivity index (χ3n) is 19.4. The molecule has 6 aliphatic heterocycles. The summed E-state index contributed by atoms with van der Waals surface area (Å²) in [7, 11) is 0. The fourth-order valence-corrected chi connectivity index (χ4v) is 15.2. The molecule has 0 aromatic heterocycles. The summed E-state index contributed by atoms with van der Waals surface area (Å²) < 4.78 is 61.6. The smallest absolute Gasteiger partial charge is 0.187 e. The molecule has 6 heterocycles. The molecule has 21 nitrogen and oxygen atoms in total. The highest BCUT2D eigenvalue weighted by atomic mass is 16.8. The highest BCUT2D eigenvalue weighted by molar-refractivity contribution is 5.26. The molecule has 30 atom stereocenters. The van der Waals surface area contributed by atoms with E-state index in [2.05, 4.69) is 33.8 Å². The summed E-state index contributed by atoms with van der Waals surface area (Å²) in [5, 5.41) is 119. The Morgan fingerprint density at radius 2 is 1.31 bits per heavy atom. The minimum absolute atomic E-state index is 0.0780. The number of aliphatic hydroxyl groups excluding tert-OH is 11. The van der Waals surface area contributed by atoms with Gasteiger partial charge in [-0.3, -0.25) is 0 Å². The lowest BCUT2D eigenvalue weighted by molar-refractivity contribution is -0.395. The summed E-state index contributed by atoms with van der Waals surface area (Å²) in [4.78, 5) is 0. The van der Waals surface area contributed by atoms with Gasteiger partial charge in [-0.15, -0.1) is 0 Å². The fourth-order valence-electron chi connectivity index (χ4n) is 15.2. The van der Waals surface area contributed by atoms with E-state index in [9.17, 15) is 56.2 Å². The lowest BCUT2D eigenvalue weighted by Crippen LogP contribution is -2.67. The summed E-state index contributed by atoms with van der Waals surface area (Å²) in [6.07, 6.45) is -20.1. The Labute approximate surface area is 414 Å². The summed E-state index contributed by atoms with van der Waals surface area (Å²) in [6, 6.07) is 0. The Hall–Kier alpha value is -1.10. The number of hydrogen-bond donors (Lipinski definition) is 11. The molecule has 9 fully saturated rings. The number of ether oxygens (including phenoxy) is 10. The van der Waals surface area contributed by atoms with E-state index in [1.54, 1.807) is 0 Å². The highest BCUT2D eigenvalue weighted by Gasteiger charge is 2.69. The highest BCUT2D eigenvalue weighted by Crippen LogP contribution is 2.71. The van der Waals surface area contributed by atoms with Crippen LogP contribution in [0.25, 0.3) is 0 Å². The molecule has 21 heteroatoms. The van der Waals surface area contributed by atoms with Crippen LogP contribution in [0.1, 0.15) is 92.4 Å². The number of fused-ring (bicyclic) bond motifs is 7. The van der Waals surface area contributed by atoms with E-state index >= 15 is 0 Å². The van der Waals surface area contributed by atoms with Crippen LogP contribution in [0.15, 0.2) is 11.6 Å². The first-order valence-electron chi connectivity index (χ1n) is 26.3. The lowest BCUT2D eigenvalue weighted by Gasteiger charge is -2.59. The molecule has 1 spiro atoms. The maximum Gasteiger partial charge on any atom is 0.187 e. The van der Waals surface area contributed by atoms with Gasteiger partial charge < -0.3 is 104 Å². The van der Waals surface area contributed by atoms with E-state index < -0.39 is 148 Å². The van der Waals surface area contributed by atoms with Crippen molar-refractivity contribution >= 4 is 0 Å². The van der Waals surface area contributed by atoms with Crippen molar-refractivity contribution < 1.29 is 104 Å². The standard InChI is InChI=1S/C50H80O21/c1-20-8-13-50(63-18-20)21(2)32-29(71-50)15-27-25-7-6-23-14-24(9-11-48(23,4)26(25)10-12-49(27,32)5)65-47-43(70-45-38(59)36(57)33(54)22(3)64-45)39(60)41(31(17-52)67-47)68-46-40(61)42(35(56)30(16-51)66-46)69-44-37(58)34(55)28(53)19-62-44/h6,20-22,24-47,51-61H,7-19H2,1-5H3/t20-,21?,22+,24+,25?,26?,27?,28-,29?,30-,31-,32?,33+,34+,35-,36-,37-,38-,39+,40-,41-,42+,43-,44+,45+,46+,47-,48+,49+,50-/m1/s1. The first kappa shape index (κ1) is 53.3. The van der Waals surface area contributed by atoms with Gasteiger partial charge in [-0.2, -0.15) is 0 Å². The Kier molecular flexibility index (Phi) is 15.3. The second-order valence-electron chi connectivity index (χ2n) is 23.4. The van der Waals surface area contributed by atoms with Crippen molar-refractivity contribution in [3.05, 3.63) is 11.6 Å². The van der Waals surface area contributed by atoms with E-state index in [-0.39, 0.29) is 16.9 Å². The van der Waals surface area contributed by atoms with Crippen LogP contribution in [0.3, 0.4) is 0 Å². The Balaban J connectivity index is 0.856. The van der Waals surface area contributed by atoms with E-state index in [1.165, 1.54) is 12.5 Å². The third kappa shape index (κ3) is 9.12. The van der Waals surface area contributed by atoms with E-state index in [0.717, 1.165) is 51.6 Å². The van der Waals surface area contributed by atoms with Gasteiger partial charge in [0.05, 0.1) is 44.7 Å². The van der Waals surface area contributed by atoms with Crippen LogP contribution in [0.2, 0.25) is 0 Å². The third-order valence-corrected chi connectivity index (χ3v) is 19.4. The maximum atomic E-state index is 12.3. The van der Waals surface area contributed by atoms with Gasteiger partial charge in [0, 0.05) is 12.3 Å². The molecule has 0 aromatic rings.